The molecular formula is C120H94N6O2S2. The van der Waals surface area contributed by atoms with Crippen LogP contribution in [0.1, 0.15) is 0 Å². The molecule has 0 saturated heterocycles. The van der Waals surface area contributed by atoms with Gasteiger partial charge in [0, 0.05) is 105 Å². The van der Waals surface area contributed by atoms with Crippen LogP contribution in [0.5, 0.6) is 23.0 Å². The Labute approximate surface area is 769 Å². The highest BCUT2D eigenvalue weighted by Crippen LogP contribution is 2.53. The molecule has 0 spiro atoms. The average Bonchev–Trinajstić information content (AvgIpc) is 1.70. The SMILES string of the molecule is CN1c2ccc(-c3ccccc3)cc2Oc2cc(-c3ccccc3)ccc21.CN1c2ccc(-c3ccccc3)cc2Sc2cc(-c3ccccc3)ccc21.CN1c2ccccc2Oc2cc(-c3ccccc3)ccc21.CN1c2ccccc2Sc2cc(-c3ccccc3)ccc21.Cn1c2ccccc2c2cc(-c3ccccc3)ccc21.Cn1c2ccccc2c2ccccc21. The average molecular weight is 1720 g/mol. The second-order valence-electron chi connectivity index (χ2n) is 32.6. The number of para-hydroxylation sites is 6. The van der Waals surface area contributed by atoms with Gasteiger partial charge in [0.15, 0.2) is 23.0 Å². The van der Waals surface area contributed by atoms with Gasteiger partial charge in [-0.2, -0.15) is 0 Å². The van der Waals surface area contributed by atoms with Gasteiger partial charge in [-0.25, -0.2) is 0 Å². The van der Waals surface area contributed by atoms with E-state index < -0.39 is 0 Å². The Hall–Kier alpha value is -15.7. The summed E-state index contributed by atoms with van der Waals surface area (Å²) in [4.78, 5) is 14.2. The van der Waals surface area contributed by atoms with Crippen molar-refractivity contribution in [1.29, 1.82) is 0 Å². The van der Waals surface area contributed by atoms with Crippen LogP contribution >= 0.6 is 23.5 Å². The predicted molar refractivity (Wildman–Crippen MR) is 551 cm³/mol. The zero-order chi connectivity index (χ0) is 88.0. The van der Waals surface area contributed by atoms with Crippen LogP contribution in [0.4, 0.5) is 45.5 Å². The fraction of sp³-hybridized carbons (Fsp3) is 0.0500. The molecular weight excluding hydrogens is 1620 g/mol. The van der Waals surface area contributed by atoms with Crippen molar-refractivity contribution in [1.82, 2.24) is 9.13 Å². The molecule has 25 rings (SSSR count). The molecule has 0 bridgehead atoms. The second-order valence-corrected chi connectivity index (χ2v) is 34.8. The normalized spacial score (nSPS) is 12.1. The third-order valence-electron chi connectivity index (χ3n) is 24.7. The molecule has 0 aliphatic carbocycles. The first kappa shape index (κ1) is 82.6. The van der Waals surface area contributed by atoms with E-state index in [0.717, 1.165) is 56.9 Å². The van der Waals surface area contributed by atoms with Crippen molar-refractivity contribution in [2.75, 3.05) is 47.8 Å². The molecule has 4 aliphatic heterocycles. The number of hydrogen-bond donors (Lipinski definition) is 0. The van der Waals surface area contributed by atoms with Crippen molar-refractivity contribution in [2.45, 2.75) is 19.6 Å². The molecule has 130 heavy (non-hydrogen) atoms. The summed E-state index contributed by atoms with van der Waals surface area (Å²) in [5.41, 5.74) is 31.8. The van der Waals surface area contributed by atoms with E-state index in [4.69, 9.17) is 9.47 Å². The van der Waals surface area contributed by atoms with Crippen molar-refractivity contribution in [3.05, 3.63) is 461 Å². The Kier molecular flexibility index (Phi) is 23.5. The standard InChI is InChI=1S/C25H19NO.C25H19NS.C19H15NO.C19H15NS.C19H15N.C13H11N/c2*1-26-22-14-12-20(18-8-4-2-5-9-18)16-24(22)27-25-17-21(13-15-23(25)26)19-10-6-3-7-11-19;2*1-20-16-9-5-6-10-18(16)21-19-13-15(11-12-17(19)20)14-7-3-2-4-8-14;1-20-18-10-6-5-9-16(18)17-13-15(11-12-19(17)20)14-7-3-2-4-8-14;1-14-12-8-4-2-6-10(12)11-7-3-5-9-13(11)14/h2*2-17H,1H3;2*2-13H,1H3;2-13H,1H3;2-9H,1H3. The summed E-state index contributed by atoms with van der Waals surface area (Å²) in [6, 6.07) is 162. The number of anilines is 8. The predicted octanol–water partition coefficient (Wildman–Crippen LogP) is 33.3. The van der Waals surface area contributed by atoms with Crippen molar-refractivity contribution in [2.24, 2.45) is 14.1 Å². The van der Waals surface area contributed by atoms with Crippen molar-refractivity contribution >= 4 is 113 Å². The lowest BCUT2D eigenvalue weighted by Gasteiger charge is -2.30. The molecule has 0 radical (unpaired) electrons. The molecule has 0 amide bonds. The summed E-state index contributed by atoms with van der Waals surface area (Å²) in [5, 5.41) is 5.32. The summed E-state index contributed by atoms with van der Waals surface area (Å²) in [6.45, 7) is 0. The Morgan fingerprint density at radius 1 is 0.154 bits per heavy atom. The van der Waals surface area contributed by atoms with Crippen LogP contribution in [0.2, 0.25) is 0 Å². The summed E-state index contributed by atoms with van der Waals surface area (Å²) in [5.74, 6) is 3.57. The number of fused-ring (bicyclic) bond motifs is 14. The van der Waals surface area contributed by atoms with Gasteiger partial charge in [0.05, 0.1) is 45.5 Å². The van der Waals surface area contributed by atoms with Gasteiger partial charge in [-0.1, -0.05) is 357 Å². The van der Waals surface area contributed by atoms with Gasteiger partial charge in [-0.15, -0.1) is 0 Å². The minimum atomic E-state index is 0.886. The highest BCUT2D eigenvalue weighted by atomic mass is 32.2. The zero-order valence-corrected chi connectivity index (χ0v) is 74.8. The maximum absolute atomic E-state index is 6.33. The Balaban J connectivity index is 0.0000000986. The number of nitrogens with zero attached hydrogens (tertiary/aromatic N) is 6. The fourth-order valence-corrected chi connectivity index (χ4v) is 20.2. The maximum Gasteiger partial charge on any atom is 0.151 e. The van der Waals surface area contributed by atoms with Crippen LogP contribution in [0.25, 0.3) is 122 Å². The highest BCUT2D eigenvalue weighted by Gasteiger charge is 2.27. The first-order valence-electron chi connectivity index (χ1n) is 43.9. The highest BCUT2D eigenvalue weighted by molar-refractivity contribution is 8.00. The minimum Gasteiger partial charge on any atom is -0.453 e. The number of rotatable bonds is 7. The monoisotopic (exact) mass is 1710 g/mol. The van der Waals surface area contributed by atoms with Crippen molar-refractivity contribution < 1.29 is 9.47 Å². The van der Waals surface area contributed by atoms with Gasteiger partial charge >= 0.3 is 0 Å². The van der Waals surface area contributed by atoms with Gasteiger partial charge in [0.1, 0.15) is 0 Å². The molecule has 0 atom stereocenters. The number of ether oxygens (including phenoxy) is 2. The van der Waals surface area contributed by atoms with Crippen molar-refractivity contribution in [3.63, 3.8) is 0 Å². The van der Waals surface area contributed by atoms with Crippen LogP contribution in [0.3, 0.4) is 0 Å². The van der Waals surface area contributed by atoms with Gasteiger partial charge < -0.3 is 38.2 Å². The molecule has 0 saturated carbocycles. The van der Waals surface area contributed by atoms with Crippen LogP contribution in [0.15, 0.2) is 481 Å². The van der Waals surface area contributed by atoms with Crippen molar-refractivity contribution in [3.8, 4) is 101 Å². The molecule has 10 heteroatoms. The van der Waals surface area contributed by atoms with Gasteiger partial charge in [-0.3, -0.25) is 0 Å². The van der Waals surface area contributed by atoms with E-state index in [-0.39, 0.29) is 0 Å². The number of benzene rings is 19. The quantitative estimate of drug-likeness (QED) is 0.156. The van der Waals surface area contributed by atoms with E-state index in [9.17, 15) is 0 Å². The largest absolute Gasteiger partial charge is 0.453 e. The first-order valence-corrected chi connectivity index (χ1v) is 45.6. The summed E-state index contributed by atoms with van der Waals surface area (Å²) >= 11 is 3.72. The van der Waals surface area contributed by atoms with Gasteiger partial charge in [0.25, 0.3) is 0 Å². The molecule has 2 aromatic heterocycles. The Morgan fingerprint density at radius 3 is 0.731 bits per heavy atom. The summed E-state index contributed by atoms with van der Waals surface area (Å²) in [6.07, 6.45) is 0. The molecule has 6 heterocycles. The second kappa shape index (κ2) is 37.1. The zero-order valence-electron chi connectivity index (χ0n) is 73.2. The molecule has 0 fully saturated rings. The smallest absolute Gasteiger partial charge is 0.151 e. The fourth-order valence-electron chi connectivity index (χ4n) is 17.8. The lowest BCUT2D eigenvalue weighted by Crippen LogP contribution is -2.15. The molecule has 0 unspecified atom stereocenters. The molecule has 4 aliphatic rings. The van der Waals surface area contributed by atoms with Gasteiger partial charge in [-0.05, 0) is 205 Å². The van der Waals surface area contributed by atoms with Crippen LogP contribution in [-0.2, 0) is 14.1 Å². The Bertz CT molecular complexity index is 7090. The van der Waals surface area contributed by atoms with E-state index >= 15 is 0 Å². The molecule has 628 valence electrons. The molecule has 0 N–H and O–H groups in total. The summed E-state index contributed by atoms with van der Waals surface area (Å²) in [7, 11) is 12.7. The van der Waals surface area contributed by atoms with Crippen LogP contribution < -0.4 is 29.1 Å². The van der Waals surface area contributed by atoms with Crippen LogP contribution in [0, 0.1) is 0 Å². The number of aryl methyl sites for hydroxylation is 2. The maximum atomic E-state index is 6.33. The van der Waals surface area contributed by atoms with E-state index in [0.29, 0.717) is 0 Å². The first-order chi connectivity index (χ1) is 64.0. The van der Waals surface area contributed by atoms with Crippen LogP contribution in [-0.4, -0.2) is 37.3 Å². The van der Waals surface area contributed by atoms with Gasteiger partial charge in [0.2, 0.25) is 0 Å². The third-order valence-corrected chi connectivity index (χ3v) is 27.0. The minimum absolute atomic E-state index is 0.886. The van der Waals surface area contributed by atoms with E-state index in [1.165, 1.54) is 153 Å². The molecule has 8 nitrogen and oxygen atoms in total. The number of aromatic nitrogens is 2. The third kappa shape index (κ3) is 17.0. The van der Waals surface area contributed by atoms with E-state index in [1.54, 1.807) is 0 Å². The Morgan fingerprint density at radius 2 is 0.377 bits per heavy atom. The van der Waals surface area contributed by atoms with E-state index in [2.05, 4.69) is 496 Å². The lowest BCUT2D eigenvalue weighted by atomic mass is 10.0. The lowest BCUT2D eigenvalue weighted by molar-refractivity contribution is 0.475. The number of hydrogen-bond acceptors (Lipinski definition) is 8. The molecule has 21 aromatic rings. The topological polar surface area (TPSA) is 41.3 Å². The summed E-state index contributed by atoms with van der Waals surface area (Å²) < 4.78 is 16.9. The van der Waals surface area contributed by atoms with E-state index in [1.807, 2.05) is 59.9 Å². The molecule has 19 aromatic carbocycles.